The molecule has 1 aromatic rings. The Morgan fingerprint density at radius 3 is 2.42 bits per heavy atom. The Bertz CT molecular complexity index is 707. The van der Waals surface area contributed by atoms with Crippen LogP contribution in [-0.2, 0) is 17.4 Å². The first kappa shape index (κ1) is 27.9. The van der Waals surface area contributed by atoms with Crippen molar-refractivity contribution < 1.29 is 23.0 Å². The van der Waals surface area contributed by atoms with Gasteiger partial charge >= 0.3 is 6.18 Å². The summed E-state index contributed by atoms with van der Waals surface area (Å²) in [6.07, 6.45) is -2.85. The highest BCUT2D eigenvalue weighted by molar-refractivity contribution is 14.0. The van der Waals surface area contributed by atoms with Crippen LogP contribution in [0.25, 0.3) is 0 Å². The van der Waals surface area contributed by atoms with Crippen LogP contribution in [0.2, 0.25) is 0 Å². The Kier molecular flexibility index (Phi) is 10.5. The van der Waals surface area contributed by atoms with Crippen LogP contribution in [-0.4, -0.2) is 83.2 Å². The molecule has 1 aromatic heterocycles. The standard InChI is InChI=1S/C19H33F3N6O2.HI/c1-5-23-16(26-14-17(2,3)28-10-12-30-13-11-28)25-7-6-18(29,19(20,21)22)15-24-8-9-27(15)4;/h8-9,29H,5-7,10-14H2,1-4H3,(H2,23,25,26);1H. The van der Waals surface area contributed by atoms with E-state index in [0.717, 1.165) is 13.1 Å². The number of guanidine groups is 1. The minimum absolute atomic E-state index is 0. The first-order valence-electron chi connectivity index (χ1n) is 10.1. The van der Waals surface area contributed by atoms with Gasteiger partial charge in [-0.2, -0.15) is 13.2 Å². The molecule has 0 bridgehead atoms. The van der Waals surface area contributed by atoms with Crippen LogP contribution in [0, 0.1) is 0 Å². The van der Waals surface area contributed by atoms with Crippen LogP contribution in [0.1, 0.15) is 33.0 Å². The second-order valence-corrected chi connectivity index (χ2v) is 8.00. The molecule has 0 saturated carbocycles. The van der Waals surface area contributed by atoms with Gasteiger partial charge in [0.1, 0.15) is 5.82 Å². The average molecular weight is 562 g/mol. The molecule has 2 heterocycles. The van der Waals surface area contributed by atoms with Crippen molar-refractivity contribution >= 4 is 29.9 Å². The summed E-state index contributed by atoms with van der Waals surface area (Å²) in [5.74, 6) is -0.0320. The third-order valence-corrected chi connectivity index (χ3v) is 5.27. The maximum atomic E-state index is 13.6. The Morgan fingerprint density at radius 2 is 1.90 bits per heavy atom. The van der Waals surface area contributed by atoms with Gasteiger partial charge in [0.05, 0.1) is 19.8 Å². The highest BCUT2D eigenvalue weighted by Gasteiger charge is 2.57. The van der Waals surface area contributed by atoms with E-state index in [2.05, 4.69) is 39.4 Å². The summed E-state index contributed by atoms with van der Waals surface area (Å²) < 4.78 is 47.5. The van der Waals surface area contributed by atoms with Crippen LogP contribution >= 0.6 is 24.0 Å². The fourth-order valence-electron chi connectivity index (χ4n) is 3.39. The minimum atomic E-state index is -4.86. The zero-order valence-corrected chi connectivity index (χ0v) is 20.8. The topological polar surface area (TPSA) is 86.9 Å². The van der Waals surface area contributed by atoms with E-state index in [4.69, 9.17) is 4.74 Å². The van der Waals surface area contributed by atoms with E-state index in [1.807, 2.05) is 6.92 Å². The lowest BCUT2D eigenvalue weighted by Crippen LogP contribution is -2.52. The van der Waals surface area contributed by atoms with E-state index in [1.165, 1.54) is 24.0 Å². The molecule has 1 fully saturated rings. The first-order valence-corrected chi connectivity index (χ1v) is 10.1. The second kappa shape index (κ2) is 11.7. The monoisotopic (exact) mass is 562 g/mol. The number of halogens is 4. The van der Waals surface area contributed by atoms with E-state index >= 15 is 0 Å². The number of aliphatic hydroxyl groups is 1. The number of aromatic nitrogens is 2. The lowest BCUT2D eigenvalue weighted by molar-refractivity contribution is -0.272. The maximum absolute atomic E-state index is 13.6. The minimum Gasteiger partial charge on any atom is -0.379 e. The number of imidazole rings is 1. The van der Waals surface area contributed by atoms with Crippen molar-refractivity contribution in [3.05, 3.63) is 18.2 Å². The molecule has 0 amide bonds. The molecule has 1 unspecified atom stereocenters. The van der Waals surface area contributed by atoms with Crippen LogP contribution in [0.5, 0.6) is 0 Å². The fraction of sp³-hybridized carbons (Fsp3) is 0.789. The SMILES string of the molecule is CCNC(=NCC(C)(C)N1CCOCC1)NCCC(O)(c1nccn1C)C(F)(F)F.I. The van der Waals surface area contributed by atoms with Crippen molar-refractivity contribution in [2.75, 3.05) is 45.9 Å². The number of hydrogen-bond donors (Lipinski definition) is 3. The highest BCUT2D eigenvalue weighted by Crippen LogP contribution is 2.40. The lowest BCUT2D eigenvalue weighted by Gasteiger charge is -2.40. The van der Waals surface area contributed by atoms with Crippen LogP contribution in [0.3, 0.4) is 0 Å². The summed E-state index contributed by atoms with van der Waals surface area (Å²) in [5.41, 5.74) is -3.27. The Balaban J connectivity index is 0.00000480. The van der Waals surface area contributed by atoms with E-state index in [9.17, 15) is 18.3 Å². The number of aryl methyl sites for hydroxylation is 1. The molecule has 1 atom stereocenters. The molecule has 3 N–H and O–H groups in total. The van der Waals surface area contributed by atoms with Crippen LogP contribution < -0.4 is 10.6 Å². The lowest BCUT2D eigenvalue weighted by atomic mass is 9.97. The van der Waals surface area contributed by atoms with Gasteiger partial charge in [0.2, 0.25) is 5.60 Å². The molecule has 180 valence electrons. The van der Waals surface area contributed by atoms with Crippen molar-refractivity contribution in [1.82, 2.24) is 25.1 Å². The van der Waals surface area contributed by atoms with Gasteiger partial charge in [-0.05, 0) is 20.8 Å². The van der Waals surface area contributed by atoms with E-state index in [1.54, 1.807) is 0 Å². The average Bonchev–Trinajstić information content (AvgIpc) is 3.12. The summed E-state index contributed by atoms with van der Waals surface area (Å²) in [4.78, 5) is 10.5. The molecule has 8 nitrogen and oxygen atoms in total. The largest absolute Gasteiger partial charge is 0.424 e. The van der Waals surface area contributed by atoms with Gasteiger partial charge in [0.15, 0.2) is 5.96 Å². The molecule has 1 saturated heterocycles. The summed E-state index contributed by atoms with van der Waals surface area (Å²) in [6, 6.07) is 0. The van der Waals surface area contributed by atoms with E-state index < -0.39 is 24.0 Å². The maximum Gasteiger partial charge on any atom is 0.424 e. The number of hydrogen-bond acceptors (Lipinski definition) is 5. The molecule has 0 spiro atoms. The predicted octanol–water partition coefficient (Wildman–Crippen LogP) is 1.84. The third-order valence-electron chi connectivity index (χ3n) is 5.27. The van der Waals surface area contributed by atoms with Crippen LogP contribution in [0.4, 0.5) is 13.2 Å². The molecule has 12 heteroatoms. The summed E-state index contributed by atoms with van der Waals surface area (Å²) in [5, 5.41) is 16.4. The molecule has 0 aliphatic carbocycles. The molecule has 2 rings (SSSR count). The Hall–Kier alpha value is -1.12. The zero-order valence-electron chi connectivity index (χ0n) is 18.5. The fourth-order valence-corrected chi connectivity index (χ4v) is 3.39. The summed E-state index contributed by atoms with van der Waals surface area (Å²) in [7, 11) is 1.42. The summed E-state index contributed by atoms with van der Waals surface area (Å²) >= 11 is 0. The first-order chi connectivity index (χ1) is 14.0. The third kappa shape index (κ3) is 7.19. The highest BCUT2D eigenvalue weighted by atomic mass is 127. The number of alkyl halides is 3. The molecular weight excluding hydrogens is 528 g/mol. The Labute approximate surface area is 198 Å². The van der Waals surface area contributed by atoms with Crippen molar-refractivity contribution in [3.63, 3.8) is 0 Å². The molecule has 1 aliphatic rings. The number of nitrogens with one attached hydrogen (secondary N) is 2. The molecule has 31 heavy (non-hydrogen) atoms. The Morgan fingerprint density at radius 1 is 1.26 bits per heavy atom. The molecular formula is C19H34F3IN6O2. The zero-order chi connectivity index (χ0) is 22.4. The van der Waals surface area contributed by atoms with E-state index in [0.29, 0.717) is 32.3 Å². The smallest absolute Gasteiger partial charge is 0.379 e. The van der Waals surface area contributed by atoms with Gasteiger partial charge in [0.25, 0.3) is 0 Å². The quantitative estimate of drug-likeness (QED) is 0.255. The van der Waals surface area contributed by atoms with Gasteiger partial charge in [-0.25, -0.2) is 4.98 Å². The van der Waals surface area contributed by atoms with Crippen LogP contribution in [0.15, 0.2) is 17.4 Å². The number of aliphatic imine (C=N–C) groups is 1. The van der Waals surface area contributed by atoms with Crippen molar-refractivity contribution in [3.8, 4) is 0 Å². The number of rotatable bonds is 8. The van der Waals surface area contributed by atoms with Crippen molar-refractivity contribution in [1.29, 1.82) is 0 Å². The van der Waals surface area contributed by atoms with Gasteiger partial charge in [0, 0.05) is 57.6 Å². The van der Waals surface area contributed by atoms with Gasteiger partial charge in [-0.3, -0.25) is 9.89 Å². The molecule has 0 aromatic carbocycles. The molecule has 0 radical (unpaired) electrons. The normalized spacial score (nSPS) is 18.3. The summed E-state index contributed by atoms with van der Waals surface area (Å²) in [6.45, 7) is 9.91. The number of nitrogens with zero attached hydrogens (tertiary/aromatic N) is 4. The molecule has 1 aliphatic heterocycles. The van der Waals surface area contributed by atoms with Crippen molar-refractivity contribution in [2.24, 2.45) is 12.0 Å². The second-order valence-electron chi connectivity index (χ2n) is 8.00. The number of morpholine rings is 1. The van der Waals surface area contributed by atoms with Gasteiger partial charge in [-0.15, -0.1) is 24.0 Å². The van der Waals surface area contributed by atoms with Crippen molar-refractivity contribution in [2.45, 2.75) is 44.5 Å². The van der Waals surface area contributed by atoms with Gasteiger partial charge < -0.3 is 25.0 Å². The predicted molar refractivity (Wildman–Crippen MR) is 124 cm³/mol. The number of ether oxygens (including phenoxy) is 1. The van der Waals surface area contributed by atoms with Gasteiger partial charge in [-0.1, -0.05) is 0 Å². The van der Waals surface area contributed by atoms with E-state index in [-0.39, 0.29) is 36.1 Å².